The molecule has 0 amide bonds. The van der Waals surface area contributed by atoms with E-state index in [1.165, 1.54) is 0 Å². The van der Waals surface area contributed by atoms with E-state index in [4.69, 9.17) is 0 Å². The van der Waals surface area contributed by atoms with Crippen molar-refractivity contribution >= 4 is 0 Å². The molecule has 1 rings (SSSR count). The minimum atomic E-state index is -0.192. The first kappa shape index (κ1) is 8.97. The summed E-state index contributed by atoms with van der Waals surface area (Å²) in [5.74, 6) is 0. The van der Waals surface area contributed by atoms with Gasteiger partial charge >= 0.3 is 0 Å². The Hall–Kier alpha value is -0.120. The van der Waals surface area contributed by atoms with E-state index >= 15 is 0 Å². The molecule has 0 radical (unpaired) electrons. The van der Waals surface area contributed by atoms with Gasteiger partial charge in [0.1, 0.15) is 0 Å². The normalized spacial score (nSPS) is 33.5. The van der Waals surface area contributed by atoms with Gasteiger partial charge in [0.25, 0.3) is 0 Å². The lowest BCUT2D eigenvalue weighted by molar-refractivity contribution is 0.153. The number of likely N-dealkylation sites (N-methyl/N-ethyl adjacent to an activating group) is 1. The highest BCUT2D eigenvalue weighted by Crippen LogP contribution is 2.07. The van der Waals surface area contributed by atoms with Crippen molar-refractivity contribution in [1.29, 1.82) is 0 Å². The van der Waals surface area contributed by atoms with Crippen molar-refractivity contribution in [2.45, 2.75) is 32.0 Å². The molecule has 1 saturated heterocycles. The topological polar surface area (TPSA) is 35.5 Å². The molecule has 1 aliphatic rings. The number of nitrogens with one attached hydrogen (secondary N) is 1. The van der Waals surface area contributed by atoms with Crippen LogP contribution < -0.4 is 5.32 Å². The van der Waals surface area contributed by atoms with Crippen molar-refractivity contribution in [2.24, 2.45) is 0 Å². The number of β-amino-alcohol motifs (C(OH)–C–C–N with tert-alkyl or cyclic N) is 1. The first-order valence-corrected chi connectivity index (χ1v) is 4.22. The maximum atomic E-state index is 9.50. The monoisotopic (exact) mass is 158 g/mol. The smallest absolute Gasteiger partial charge is 0.0832 e. The van der Waals surface area contributed by atoms with Gasteiger partial charge in [0.15, 0.2) is 0 Å². The van der Waals surface area contributed by atoms with Gasteiger partial charge in [0.2, 0.25) is 0 Å². The van der Waals surface area contributed by atoms with Gasteiger partial charge in [-0.15, -0.1) is 0 Å². The molecule has 3 nitrogen and oxygen atoms in total. The second kappa shape index (κ2) is 3.52. The summed E-state index contributed by atoms with van der Waals surface area (Å²) in [5.41, 5.74) is 0. The van der Waals surface area contributed by atoms with Gasteiger partial charge in [-0.05, 0) is 7.05 Å². The fraction of sp³-hybridized carbons (Fsp3) is 1.00. The van der Waals surface area contributed by atoms with E-state index in [9.17, 15) is 5.11 Å². The van der Waals surface area contributed by atoms with Crippen LogP contribution >= 0.6 is 0 Å². The quantitative estimate of drug-likeness (QED) is 0.577. The zero-order valence-electron chi connectivity index (χ0n) is 7.54. The highest BCUT2D eigenvalue weighted by atomic mass is 16.3. The minimum Gasteiger partial charge on any atom is -0.390 e. The maximum Gasteiger partial charge on any atom is 0.0832 e. The van der Waals surface area contributed by atoms with Crippen LogP contribution in [0.25, 0.3) is 0 Å². The molecular formula is C8H18N2O. The van der Waals surface area contributed by atoms with Gasteiger partial charge in [-0.25, -0.2) is 0 Å². The molecule has 1 heterocycles. The van der Waals surface area contributed by atoms with E-state index in [1.54, 1.807) is 0 Å². The summed E-state index contributed by atoms with van der Waals surface area (Å²) >= 11 is 0. The number of rotatable bonds is 2. The summed E-state index contributed by atoms with van der Waals surface area (Å²) in [6.45, 7) is 5.96. The molecule has 0 aromatic carbocycles. The van der Waals surface area contributed by atoms with E-state index in [-0.39, 0.29) is 12.1 Å². The molecule has 1 fully saturated rings. The Balaban J connectivity index is 2.34. The molecule has 0 spiro atoms. The molecule has 0 aliphatic carbocycles. The third-order valence-electron chi connectivity index (χ3n) is 2.02. The third-order valence-corrected chi connectivity index (χ3v) is 2.02. The largest absolute Gasteiger partial charge is 0.390 e. The van der Waals surface area contributed by atoms with Crippen molar-refractivity contribution in [3.63, 3.8) is 0 Å². The zero-order valence-corrected chi connectivity index (χ0v) is 7.54. The van der Waals surface area contributed by atoms with Crippen LogP contribution in [0.15, 0.2) is 0 Å². The summed E-state index contributed by atoms with van der Waals surface area (Å²) in [5, 5.41) is 12.8. The van der Waals surface area contributed by atoms with E-state index in [2.05, 4.69) is 24.1 Å². The summed E-state index contributed by atoms with van der Waals surface area (Å²) in [6, 6.07) is 0.723. The molecule has 11 heavy (non-hydrogen) atoms. The molecule has 0 saturated carbocycles. The van der Waals surface area contributed by atoms with E-state index in [0.717, 1.165) is 13.1 Å². The van der Waals surface area contributed by atoms with Gasteiger partial charge in [0.05, 0.1) is 6.10 Å². The van der Waals surface area contributed by atoms with Crippen LogP contribution in [-0.2, 0) is 0 Å². The molecule has 2 N–H and O–H groups in total. The fourth-order valence-corrected chi connectivity index (χ4v) is 1.57. The Bertz CT molecular complexity index is 127. The van der Waals surface area contributed by atoms with E-state index < -0.39 is 0 Å². The van der Waals surface area contributed by atoms with Gasteiger partial charge in [-0.2, -0.15) is 0 Å². The van der Waals surface area contributed by atoms with Crippen LogP contribution in [-0.4, -0.2) is 48.3 Å². The van der Waals surface area contributed by atoms with Crippen LogP contribution in [0.1, 0.15) is 13.8 Å². The van der Waals surface area contributed by atoms with Gasteiger partial charge in [0, 0.05) is 25.2 Å². The fourth-order valence-electron chi connectivity index (χ4n) is 1.57. The molecule has 3 heteroatoms. The number of nitrogens with zero attached hydrogens (tertiary/aromatic N) is 1. The summed E-state index contributed by atoms with van der Waals surface area (Å²) < 4.78 is 0. The van der Waals surface area contributed by atoms with Gasteiger partial charge in [-0.3, -0.25) is 0 Å². The second-order valence-electron chi connectivity index (χ2n) is 3.72. The van der Waals surface area contributed by atoms with Crippen LogP contribution in [0.2, 0.25) is 0 Å². The van der Waals surface area contributed by atoms with E-state index in [1.807, 2.05) is 7.05 Å². The Kier molecular flexibility index (Phi) is 2.87. The third kappa shape index (κ3) is 2.43. The number of likely N-dealkylation sites (tertiary alicyclic amines) is 1. The first-order valence-electron chi connectivity index (χ1n) is 4.22. The summed E-state index contributed by atoms with van der Waals surface area (Å²) in [6.07, 6.45) is -0.192. The average Bonchev–Trinajstić information content (AvgIpc) is 2.09. The molecule has 0 bridgehead atoms. The zero-order chi connectivity index (χ0) is 8.43. The van der Waals surface area contributed by atoms with Crippen LogP contribution in [0, 0.1) is 0 Å². The minimum absolute atomic E-state index is 0.192. The molecule has 0 unspecified atom stereocenters. The Morgan fingerprint density at radius 1 is 1.45 bits per heavy atom. The van der Waals surface area contributed by atoms with Gasteiger partial charge in [-0.1, -0.05) is 13.8 Å². The molecule has 1 aliphatic heterocycles. The van der Waals surface area contributed by atoms with Crippen LogP contribution in [0.4, 0.5) is 0 Å². The van der Waals surface area contributed by atoms with Crippen molar-refractivity contribution in [1.82, 2.24) is 10.2 Å². The average molecular weight is 158 g/mol. The molecule has 0 aromatic heterocycles. The Morgan fingerprint density at radius 2 is 2.09 bits per heavy atom. The SMILES string of the molecule is CC(C)N[C@@H]1CN(C)C[C@H]1O. The van der Waals surface area contributed by atoms with Crippen molar-refractivity contribution in [3.8, 4) is 0 Å². The van der Waals surface area contributed by atoms with Crippen LogP contribution in [0.5, 0.6) is 0 Å². The standard InChI is InChI=1S/C8H18N2O/c1-6(2)9-7-4-10(3)5-8(7)11/h6-9,11H,4-5H2,1-3H3/t7-,8-/m1/s1. The lowest BCUT2D eigenvalue weighted by atomic mass is 10.2. The van der Waals surface area contributed by atoms with E-state index in [0.29, 0.717) is 6.04 Å². The summed E-state index contributed by atoms with van der Waals surface area (Å²) in [4.78, 5) is 2.14. The number of aliphatic hydroxyl groups is 1. The van der Waals surface area contributed by atoms with Crippen LogP contribution in [0.3, 0.4) is 0 Å². The van der Waals surface area contributed by atoms with Crippen molar-refractivity contribution in [3.05, 3.63) is 0 Å². The van der Waals surface area contributed by atoms with Gasteiger partial charge < -0.3 is 15.3 Å². The highest BCUT2D eigenvalue weighted by Gasteiger charge is 2.28. The van der Waals surface area contributed by atoms with Crippen molar-refractivity contribution < 1.29 is 5.11 Å². The highest BCUT2D eigenvalue weighted by molar-refractivity contribution is 4.88. The first-order chi connectivity index (χ1) is 5.09. The summed E-state index contributed by atoms with van der Waals surface area (Å²) in [7, 11) is 2.03. The number of hydrogen-bond donors (Lipinski definition) is 2. The number of hydrogen-bond acceptors (Lipinski definition) is 3. The van der Waals surface area contributed by atoms with Crippen molar-refractivity contribution in [2.75, 3.05) is 20.1 Å². The predicted octanol–water partition coefficient (Wildman–Crippen LogP) is -0.341. The maximum absolute atomic E-state index is 9.50. The molecule has 66 valence electrons. The Labute approximate surface area is 68.4 Å². The number of aliphatic hydroxyl groups excluding tert-OH is 1. The lowest BCUT2D eigenvalue weighted by Gasteiger charge is -2.18. The molecule has 2 atom stereocenters. The Morgan fingerprint density at radius 3 is 2.45 bits per heavy atom. The predicted molar refractivity (Wildman–Crippen MR) is 45.6 cm³/mol. The lowest BCUT2D eigenvalue weighted by Crippen LogP contribution is -2.42. The molecular weight excluding hydrogens is 140 g/mol. The molecule has 0 aromatic rings. The second-order valence-corrected chi connectivity index (χ2v) is 3.72.